The summed E-state index contributed by atoms with van der Waals surface area (Å²) in [5.41, 5.74) is -0.251. The molecule has 0 bridgehead atoms. The average Bonchev–Trinajstić information content (AvgIpc) is 2.54. The number of carboxylic acid groups (broad SMARTS) is 1. The lowest BCUT2D eigenvalue weighted by Crippen LogP contribution is -2.40. The van der Waals surface area contributed by atoms with Gasteiger partial charge in [-0.05, 0) is 58.2 Å². The third-order valence-electron chi connectivity index (χ3n) is 4.23. The predicted molar refractivity (Wildman–Crippen MR) is 93.9 cm³/mol. The zero-order valence-electron chi connectivity index (χ0n) is 15.3. The van der Waals surface area contributed by atoms with Gasteiger partial charge in [-0.1, -0.05) is 12.1 Å². The molecule has 25 heavy (non-hydrogen) atoms. The fourth-order valence-corrected chi connectivity index (χ4v) is 2.86. The summed E-state index contributed by atoms with van der Waals surface area (Å²) in [7, 11) is 0. The molecule has 6 nitrogen and oxygen atoms in total. The largest absolute Gasteiger partial charge is 0.478 e. The van der Waals surface area contributed by atoms with E-state index >= 15 is 0 Å². The number of carbonyl (C=O) groups is 2. The minimum atomic E-state index is -1.29. The molecule has 1 aromatic carbocycles. The Kier molecular flexibility index (Phi) is 5.93. The molecule has 1 saturated heterocycles. The standard InChI is InChI=1S/C19H27NO5/c1-13(2)24-18(23)20-10-6-8-15(12-20)14-7-5-9-16(11-14)25-19(3,4)17(21)22/h5,7,9,11,13,15H,6,8,10,12H2,1-4H3,(H,21,22)/t15-/m1/s1. The van der Waals surface area contributed by atoms with E-state index in [0.717, 1.165) is 18.4 Å². The van der Waals surface area contributed by atoms with Gasteiger partial charge in [0.15, 0.2) is 5.60 Å². The number of ether oxygens (including phenoxy) is 2. The number of hydrogen-bond acceptors (Lipinski definition) is 4. The normalized spacial score (nSPS) is 18.1. The average molecular weight is 349 g/mol. The van der Waals surface area contributed by atoms with Crippen LogP contribution in [0.2, 0.25) is 0 Å². The van der Waals surface area contributed by atoms with E-state index in [9.17, 15) is 14.7 Å². The zero-order valence-corrected chi connectivity index (χ0v) is 15.3. The van der Waals surface area contributed by atoms with Gasteiger partial charge in [0.1, 0.15) is 5.75 Å². The maximum Gasteiger partial charge on any atom is 0.410 e. The lowest BCUT2D eigenvalue weighted by Gasteiger charge is -2.33. The Morgan fingerprint density at radius 3 is 2.68 bits per heavy atom. The molecule has 0 aliphatic carbocycles. The van der Waals surface area contributed by atoms with E-state index < -0.39 is 11.6 Å². The molecule has 6 heteroatoms. The van der Waals surface area contributed by atoms with Gasteiger partial charge >= 0.3 is 12.1 Å². The summed E-state index contributed by atoms with van der Waals surface area (Å²) in [5.74, 6) is -0.310. The Bertz CT molecular complexity index is 626. The van der Waals surface area contributed by atoms with Crippen LogP contribution in [0.25, 0.3) is 0 Å². The molecule has 0 spiro atoms. The van der Waals surface area contributed by atoms with Crippen LogP contribution in [0.4, 0.5) is 4.79 Å². The summed E-state index contributed by atoms with van der Waals surface area (Å²) >= 11 is 0. The van der Waals surface area contributed by atoms with Crippen molar-refractivity contribution in [1.29, 1.82) is 0 Å². The molecule has 1 fully saturated rings. The van der Waals surface area contributed by atoms with E-state index in [4.69, 9.17) is 9.47 Å². The quantitative estimate of drug-likeness (QED) is 0.878. The Morgan fingerprint density at radius 1 is 1.32 bits per heavy atom. The van der Waals surface area contributed by atoms with Crippen molar-refractivity contribution in [3.05, 3.63) is 29.8 Å². The summed E-state index contributed by atoms with van der Waals surface area (Å²) < 4.78 is 10.9. The van der Waals surface area contributed by atoms with E-state index in [1.54, 1.807) is 11.0 Å². The first-order valence-electron chi connectivity index (χ1n) is 8.67. The molecule has 2 rings (SSSR count). The highest BCUT2D eigenvalue weighted by Gasteiger charge is 2.30. The smallest absolute Gasteiger partial charge is 0.410 e. The highest BCUT2D eigenvalue weighted by molar-refractivity contribution is 5.76. The number of hydrogen-bond donors (Lipinski definition) is 1. The molecule has 1 heterocycles. The molecule has 1 aliphatic rings. The van der Waals surface area contributed by atoms with Gasteiger partial charge in [-0.3, -0.25) is 0 Å². The molecular formula is C19H27NO5. The number of nitrogens with zero attached hydrogens (tertiary/aromatic N) is 1. The second kappa shape index (κ2) is 7.76. The fourth-order valence-electron chi connectivity index (χ4n) is 2.86. The van der Waals surface area contributed by atoms with E-state index in [0.29, 0.717) is 18.8 Å². The van der Waals surface area contributed by atoms with Gasteiger partial charge in [0.2, 0.25) is 0 Å². The number of aliphatic carboxylic acids is 1. The van der Waals surface area contributed by atoms with Crippen LogP contribution in [-0.2, 0) is 9.53 Å². The molecule has 138 valence electrons. The Labute approximate surface area is 148 Å². The number of likely N-dealkylation sites (tertiary alicyclic amines) is 1. The van der Waals surface area contributed by atoms with Gasteiger partial charge in [-0.15, -0.1) is 0 Å². The molecule has 1 atom stereocenters. The van der Waals surface area contributed by atoms with Crippen molar-refractivity contribution in [2.24, 2.45) is 0 Å². The number of carboxylic acids is 1. The first-order valence-corrected chi connectivity index (χ1v) is 8.67. The molecule has 0 saturated carbocycles. The minimum Gasteiger partial charge on any atom is -0.478 e. The number of amides is 1. The van der Waals surface area contributed by atoms with Crippen LogP contribution < -0.4 is 4.74 Å². The van der Waals surface area contributed by atoms with E-state index in [1.807, 2.05) is 32.0 Å². The topological polar surface area (TPSA) is 76.1 Å². The number of benzene rings is 1. The van der Waals surface area contributed by atoms with Crippen molar-refractivity contribution in [3.8, 4) is 5.75 Å². The molecule has 1 amide bonds. The van der Waals surface area contributed by atoms with Crippen LogP contribution in [0.1, 0.15) is 52.0 Å². The summed E-state index contributed by atoms with van der Waals surface area (Å²) in [4.78, 5) is 25.1. The minimum absolute atomic E-state index is 0.136. The lowest BCUT2D eigenvalue weighted by atomic mass is 9.90. The van der Waals surface area contributed by atoms with Crippen molar-refractivity contribution in [1.82, 2.24) is 4.90 Å². The second-order valence-electron chi connectivity index (χ2n) is 7.21. The highest BCUT2D eigenvalue weighted by atomic mass is 16.6. The molecule has 0 aromatic heterocycles. The number of piperidine rings is 1. The molecule has 0 radical (unpaired) electrons. The third-order valence-corrected chi connectivity index (χ3v) is 4.23. The van der Waals surface area contributed by atoms with Crippen molar-refractivity contribution in [3.63, 3.8) is 0 Å². The predicted octanol–water partition coefficient (Wildman–Crippen LogP) is 3.65. The van der Waals surface area contributed by atoms with Crippen molar-refractivity contribution in [2.45, 2.75) is 58.2 Å². The van der Waals surface area contributed by atoms with Gasteiger partial charge in [0, 0.05) is 19.0 Å². The number of carbonyl (C=O) groups excluding carboxylic acids is 1. The van der Waals surface area contributed by atoms with Gasteiger partial charge in [-0.25, -0.2) is 9.59 Å². The Balaban J connectivity index is 2.09. The zero-order chi connectivity index (χ0) is 18.6. The fraction of sp³-hybridized carbons (Fsp3) is 0.579. The van der Waals surface area contributed by atoms with Crippen LogP contribution in [-0.4, -0.2) is 46.9 Å². The van der Waals surface area contributed by atoms with Gasteiger partial charge < -0.3 is 19.5 Å². The lowest BCUT2D eigenvalue weighted by molar-refractivity contribution is -0.152. The Morgan fingerprint density at radius 2 is 2.04 bits per heavy atom. The summed E-state index contributed by atoms with van der Waals surface area (Å²) in [5, 5.41) is 9.21. The molecule has 1 aliphatic heterocycles. The second-order valence-corrected chi connectivity index (χ2v) is 7.21. The van der Waals surface area contributed by atoms with E-state index in [-0.39, 0.29) is 18.1 Å². The summed E-state index contributed by atoms with van der Waals surface area (Å²) in [6.45, 7) is 8.01. The summed E-state index contributed by atoms with van der Waals surface area (Å²) in [6.07, 6.45) is 1.46. The number of rotatable bonds is 5. The maximum absolute atomic E-state index is 12.1. The highest BCUT2D eigenvalue weighted by Crippen LogP contribution is 2.30. The van der Waals surface area contributed by atoms with Crippen LogP contribution in [0.3, 0.4) is 0 Å². The SMILES string of the molecule is CC(C)OC(=O)N1CCC[C@@H](c2cccc(OC(C)(C)C(=O)O)c2)C1. The van der Waals surface area contributed by atoms with Crippen LogP contribution in [0.5, 0.6) is 5.75 Å². The third kappa shape index (κ3) is 5.11. The van der Waals surface area contributed by atoms with E-state index in [1.165, 1.54) is 13.8 Å². The van der Waals surface area contributed by atoms with Crippen LogP contribution in [0, 0.1) is 0 Å². The maximum atomic E-state index is 12.1. The first-order chi connectivity index (χ1) is 11.7. The van der Waals surface area contributed by atoms with Gasteiger partial charge in [-0.2, -0.15) is 0 Å². The van der Waals surface area contributed by atoms with Gasteiger partial charge in [0.25, 0.3) is 0 Å². The molecule has 1 aromatic rings. The molecular weight excluding hydrogens is 322 g/mol. The monoisotopic (exact) mass is 349 g/mol. The molecule has 0 unspecified atom stereocenters. The molecule has 1 N–H and O–H groups in total. The first kappa shape index (κ1) is 19.1. The van der Waals surface area contributed by atoms with Crippen LogP contribution in [0.15, 0.2) is 24.3 Å². The van der Waals surface area contributed by atoms with E-state index in [2.05, 4.69) is 0 Å². The summed E-state index contributed by atoms with van der Waals surface area (Å²) in [6, 6.07) is 7.46. The van der Waals surface area contributed by atoms with Crippen LogP contribution >= 0.6 is 0 Å². The van der Waals surface area contributed by atoms with Crippen molar-refractivity contribution < 1.29 is 24.2 Å². The Hall–Kier alpha value is -2.24. The van der Waals surface area contributed by atoms with Crippen molar-refractivity contribution >= 4 is 12.1 Å². The van der Waals surface area contributed by atoms with Crippen molar-refractivity contribution in [2.75, 3.05) is 13.1 Å². The van der Waals surface area contributed by atoms with Gasteiger partial charge in [0.05, 0.1) is 6.10 Å².